The number of anilines is 1. The first-order valence-electron chi connectivity index (χ1n) is 8.04. The van der Waals surface area contributed by atoms with Gasteiger partial charge in [0.05, 0.1) is 18.7 Å². The molecule has 2 amide bonds. The quantitative estimate of drug-likeness (QED) is 0.908. The third kappa shape index (κ3) is 3.79. The van der Waals surface area contributed by atoms with Crippen molar-refractivity contribution in [3.8, 4) is 5.75 Å². The van der Waals surface area contributed by atoms with Crippen LogP contribution >= 0.6 is 0 Å². The van der Waals surface area contributed by atoms with Crippen LogP contribution < -0.4 is 15.0 Å². The van der Waals surface area contributed by atoms with Crippen LogP contribution in [0, 0.1) is 11.7 Å². The third-order valence-corrected chi connectivity index (χ3v) is 4.23. The highest BCUT2D eigenvalue weighted by molar-refractivity contribution is 6.01. The van der Waals surface area contributed by atoms with Gasteiger partial charge in [0, 0.05) is 19.5 Å². The Balaban J connectivity index is 1.64. The summed E-state index contributed by atoms with van der Waals surface area (Å²) in [6.45, 7) is 0.532. The summed E-state index contributed by atoms with van der Waals surface area (Å²) in [6, 6.07) is 13.3. The molecule has 5 nitrogen and oxygen atoms in total. The SMILES string of the molecule is COc1ccccc1N1CC(C(=O)NCc2cccc(F)c2)CC1=O. The molecule has 1 heterocycles. The molecule has 0 radical (unpaired) electrons. The average Bonchev–Trinajstić information content (AvgIpc) is 3.01. The maximum Gasteiger partial charge on any atom is 0.227 e. The first kappa shape index (κ1) is 17.0. The number of amides is 2. The monoisotopic (exact) mass is 342 g/mol. The van der Waals surface area contributed by atoms with E-state index in [4.69, 9.17) is 4.74 Å². The molecule has 0 bridgehead atoms. The molecule has 2 aromatic rings. The summed E-state index contributed by atoms with van der Waals surface area (Å²) in [5.74, 6) is -0.516. The Kier molecular flexibility index (Phi) is 4.97. The number of hydrogen-bond acceptors (Lipinski definition) is 3. The van der Waals surface area contributed by atoms with E-state index in [0.29, 0.717) is 23.5 Å². The molecule has 130 valence electrons. The van der Waals surface area contributed by atoms with Gasteiger partial charge in [-0.2, -0.15) is 0 Å². The number of para-hydroxylation sites is 2. The van der Waals surface area contributed by atoms with Crippen LogP contribution in [0.4, 0.5) is 10.1 Å². The molecule has 0 aliphatic carbocycles. The molecule has 3 rings (SSSR count). The van der Waals surface area contributed by atoms with E-state index in [9.17, 15) is 14.0 Å². The van der Waals surface area contributed by atoms with Crippen LogP contribution in [0.2, 0.25) is 0 Å². The molecule has 0 saturated carbocycles. The van der Waals surface area contributed by atoms with Crippen LogP contribution in [-0.2, 0) is 16.1 Å². The predicted molar refractivity (Wildman–Crippen MR) is 91.7 cm³/mol. The number of benzene rings is 2. The maximum absolute atomic E-state index is 13.2. The number of nitrogens with zero attached hydrogens (tertiary/aromatic N) is 1. The minimum absolute atomic E-state index is 0.115. The zero-order valence-corrected chi connectivity index (χ0v) is 13.9. The molecular weight excluding hydrogens is 323 g/mol. The Labute approximate surface area is 145 Å². The smallest absolute Gasteiger partial charge is 0.227 e. The van der Waals surface area contributed by atoms with Gasteiger partial charge >= 0.3 is 0 Å². The molecule has 2 aromatic carbocycles. The van der Waals surface area contributed by atoms with Crippen molar-refractivity contribution in [1.82, 2.24) is 5.32 Å². The molecule has 1 saturated heterocycles. The van der Waals surface area contributed by atoms with E-state index in [1.54, 1.807) is 36.3 Å². The van der Waals surface area contributed by atoms with E-state index in [1.807, 2.05) is 12.1 Å². The van der Waals surface area contributed by atoms with Gasteiger partial charge in [-0.25, -0.2) is 4.39 Å². The van der Waals surface area contributed by atoms with Gasteiger partial charge in [-0.05, 0) is 29.8 Å². The van der Waals surface area contributed by atoms with E-state index in [2.05, 4.69) is 5.32 Å². The summed E-state index contributed by atoms with van der Waals surface area (Å²) in [6.07, 6.45) is 0.146. The number of ether oxygens (including phenoxy) is 1. The Morgan fingerprint density at radius 2 is 2.08 bits per heavy atom. The predicted octanol–water partition coefficient (Wildman–Crippen LogP) is 2.50. The van der Waals surface area contributed by atoms with E-state index < -0.39 is 5.92 Å². The molecule has 1 atom stereocenters. The van der Waals surface area contributed by atoms with Gasteiger partial charge in [0.1, 0.15) is 11.6 Å². The minimum Gasteiger partial charge on any atom is -0.495 e. The second-order valence-corrected chi connectivity index (χ2v) is 5.92. The molecular formula is C19H19FN2O3. The van der Waals surface area contributed by atoms with Gasteiger partial charge in [0.15, 0.2) is 0 Å². The summed E-state index contributed by atoms with van der Waals surface area (Å²) < 4.78 is 18.5. The summed E-state index contributed by atoms with van der Waals surface area (Å²) in [5.41, 5.74) is 1.34. The zero-order chi connectivity index (χ0) is 17.8. The second kappa shape index (κ2) is 7.34. The van der Waals surface area contributed by atoms with Gasteiger partial charge in [-0.1, -0.05) is 24.3 Å². The fraction of sp³-hybridized carbons (Fsp3) is 0.263. The minimum atomic E-state index is -0.439. The van der Waals surface area contributed by atoms with Gasteiger partial charge in [-0.15, -0.1) is 0 Å². The molecule has 1 fully saturated rings. The summed E-state index contributed by atoms with van der Waals surface area (Å²) in [5, 5.41) is 2.77. The van der Waals surface area contributed by atoms with Crippen molar-refractivity contribution in [2.75, 3.05) is 18.6 Å². The highest BCUT2D eigenvalue weighted by Gasteiger charge is 2.36. The van der Waals surface area contributed by atoms with Crippen molar-refractivity contribution in [2.45, 2.75) is 13.0 Å². The topological polar surface area (TPSA) is 58.6 Å². The lowest BCUT2D eigenvalue weighted by molar-refractivity contribution is -0.126. The second-order valence-electron chi connectivity index (χ2n) is 5.92. The van der Waals surface area contributed by atoms with Crippen LogP contribution in [0.5, 0.6) is 5.75 Å². The van der Waals surface area contributed by atoms with Crippen molar-refractivity contribution in [2.24, 2.45) is 5.92 Å². The molecule has 0 aromatic heterocycles. The Morgan fingerprint density at radius 3 is 2.84 bits per heavy atom. The Bertz CT molecular complexity index is 794. The highest BCUT2D eigenvalue weighted by Crippen LogP contribution is 2.32. The lowest BCUT2D eigenvalue weighted by atomic mass is 10.1. The van der Waals surface area contributed by atoms with Gasteiger partial charge in [0.25, 0.3) is 0 Å². The zero-order valence-electron chi connectivity index (χ0n) is 13.9. The average molecular weight is 342 g/mol. The van der Waals surface area contributed by atoms with E-state index in [0.717, 1.165) is 0 Å². The number of nitrogens with one attached hydrogen (secondary N) is 1. The first-order chi connectivity index (χ1) is 12.1. The summed E-state index contributed by atoms with van der Waals surface area (Å²) >= 11 is 0. The highest BCUT2D eigenvalue weighted by atomic mass is 19.1. The summed E-state index contributed by atoms with van der Waals surface area (Å²) in [7, 11) is 1.54. The van der Waals surface area contributed by atoms with Crippen LogP contribution in [-0.4, -0.2) is 25.5 Å². The van der Waals surface area contributed by atoms with Crippen molar-refractivity contribution in [3.05, 3.63) is 59.9 Å². The van der Waals surface area contributed by atoms with Crippen LogP contribution in [0.15, 0.2) is 48.5 Å². The number of rotatable bonds is 5. The van der Waals surface area contributed by atoms with Crippen molar-refractivity contribution in [1.29, 1.82) is 0 Å². The molecule has 25 heavy (non-hydrogen) atoms. The Hall–Kier alpha value is -2.89. The van der Waals surface area contributed by atoms with Crippen molar-refractivity contribution < 1.29 is 18.7 Å². The summed E-state index contributed by atoms with van der Waals surface area (Å²) in [4.78, 5) is 26.3. The largest absolute Gasteiger partial charge is 0.495 e. The van der Waals surface area contributed by atoms with Gasteiger partial charge in [0.2, 0.25) is 11.8 Å². The molecule has 6 heteroatoms. The van der Waals surface area contributed by atoms with E-state index in [-0.39, 0.29) is 30.6 Å². The number of methoxy groups -OCH3 is 1. The maximum atomic E-state index is 13.2. The van der Waals surface area contributed by atoms with Crippen molar-refractivity contribution >= 4 is 17.5 Å². The van der Waals surface area contributed by atoms with Gasteiger partial charge < -0.3 is 15.0 Å². The molecule has 0 spiro atoms. The lowest BCUT2D eigenvalue weighted by Crippen LogP contribution is -2.32. The fourth-order valence-electron chi connectivity index (χ4n) is 2.95. The number of hydrogen-bond donors (Lipinski definition) is 1. The normalized spacial score (nSPS) is 16.8. The van der Waals surface area contributed by atoms with Crippen molar-refractivity contribution in [3.63, 3.8) is 0 Å². The molecule has 1 aliphatic rings. The molecule has 1 N–H and O–H groups in total. The number of carbonyl (C=O) groups is 2. The number of halogens is 1. The number of carbonyl (C=O) groups excluding carboxylic acids is 2. The Morgan fingerprint density at radius 1 is 1.28 bits per heavy atom. The lowest BCUT2D eigenvalue weighted by Gasteiger charge is -2.19. The standard InChI is InChI=1S/C19H19FN2O3/c1-25-17-8-3-2-7-16(17)22-12-14(10-18(22)23)19(24)21-11-13-5-4-6-15(20)9-13/h2-9,14H,10-12H2,1H3,(H,21,24). The third-order valence-electron chi connectivity index (χ3n) is 4.23. The fourth-order valence-corrected chi connectivity index (χ4v) is 2.95. The van der Waals surface area contributed by atoms with Crippen LogP contribution in [0.25, 0.3) is 0 Å². The van der Waals surface area contributed by atoms with Gasteiger partial charge in [-0.3, -0.25) is 9.59 Å². The molecule has 1 aliphatic heterocycles. The van der Waals surface area contributed by atoms with E-state index in [1.165, 1.54) is 12.1 Å². The first-order valence-corrected chi connectivity index (χ1v) is 8.04. The molecule has 1 unspecified atom stereocenters. The van der Waals surface area contributed by atoms with Crippen LogP contribution in [0.3, 0.4) is 0 Å². The van der Waals surface area contributed by atoms with E-state index >= 15 is 0 Å². The van der Waals surface area contributed by atoms with Crippen LogP contribution in [0.1, 0.15) is 12.0 Å².